The molecule has 0 aliphatic rings. The Labute approximate surface area is 350 Å². The zero-order chi connectivity index (χ0) is 39.6. The molecule has 280 valence electrons. The molecule has 3 aromatic heterocycles. The number of hydrogen-bond acceptors (Lipinski definition) is 4. The van der Waals surface area contributed by atoms with E-state index in [1.165, 1.54) is 47.3 Å². The van der Waals surface area contributed by atoms with Crippen molar-refractivity contribution in [2.24, 2.45) is 0 Å². The minimum absolute atomic E-state index is 0.611. The van der Waals surface area contributed by atoms with Crippen molar-refractivity contribution in [1.82, 2.24) is 19.5 Å². The van der Waals surface area contributed by atoms with Crippen LogP contribution in [0.2, 0.25) is 0 Å². The third kappa shape index (κ3) is 5.78. The maximum Gasteiger partial charge on any atom is 0.166 e. The first kappa shape index (κ1) is 34.3. The molecule has 5 heteroatoms. The van der Waals surface area contributed by atoms with Gasteiger partial charge >= 0.3 is 0 Å². The Morgan fingerprint density at radius 3 is 1.60 bits per heavy atom. The average Bonchev–Trinajstić information content (AvgIpc) is 3.87. The molecule has 0 bridgehead atoms. The van der Waals surface area contributed by atoms with Crippen molar-refractivity contribution in [3.05, 3.63) is 206 Å². The highest BCUT2D eigenvalue weighted by atomic mass is 32.1. The summed E-state index contributed by atoms with van der Waals surface area (Å²) in [5.74, 6) is 1.86. The van der Waals surface area contributed by atoms with Gasteiger partial charge in [0.2, 0.25) is 0 Å². The molecule has 0 unspecified atom stereocenters. The molecule has 0 saturated carbocycles. The average molecular weight is 783 g/mol. The van der Waals surface area contributed by atoms with Gasteiger partial charge in [0, 0.05) is 47.6 Å². The van der Waals surface area contributed by atoms with Crippen LogP contribution < -0.4 is 0 Å². The van der Waals surface area contributed by atoms with Gasteiger partial charge in [-0.15, -0.1) is 11.3 Å². The van der Waals surface area contributed by atoms with E-state index in [1.807, 2.05) is 29.5 Å². The van der Waals surface area contributed by atoms with E-state index in [-0.39, 0.29) is 0 Å². The first-order valence-corrected chi connectivity index (χ1v) is 21.0. The van der Waals surface area contributed by atoms with Crippen molar-refractivity contribution in [2.45, 2.75) is 0 Å². The van der Waals surface area contributed by atoms with E-state index < -0.39 is 0 Å². The van der Waals surface area contributed by atoms with Crippen LogP contribution >= 0.6 is 11.3 Å². The highest BCUT2D eigenvalue weighted by Gasteiger charge is 2.20. The molecular weight excluding hydrogens is 749 g/mol. The smallest absolute Gasteiger partial charge is 0.166 e. The minimum Gasteiger partial charge on any atom is -0.308 e. The lowest BCUT2D eigenvalue weighted by Gasteiger charge is -2.16. The first-order valence-electron chi connectivity index (χ1n) is 20.2. The van der Waals surface area contributed by atoms with Crippen LogP contribution in [0.25, 0.3) is 115 Å². The quantitative estimate of drug-likeness (QED) is 0.169. The molecule has 0 amide bonds. The van der Waals surface area contributed by atoms with Crippen LogP contribution in [-0.4, -0.2) is 19.5 Å². The number of fused-ring (bicyclic) bond motifs is 7. The van der Waals surface area contributed by atoms with E-state index in [1.54, 1.807) is 0 Å². The van der Waals surface area contributed by atoms with E-state index in [9.17, 15) is 0 Å². The SMILES string of the molecule is c1ccc(-c2nc(-c3ccc(-c4ccc5c(c4)sc4ccccc45)cc3)nc(-c3ccc(-c4ccc5ccccc5c4)cc3-n3c4ccccc4c4ccccc43)n2)cc1. The summed E-state index contributed by atoms with van der Waals surface area (Å²) in [4.78, 5) is 15.7. The predicted octanol–water partition coefficient (Wildman–Crippen LogP) is 14.8. The fourth-order valence-electron chi connectivity index (χ4n) is 8.70. The molecule has 0 aliphatic carbocycles. The summed E-state index contributed by atoms with van der Waals surface area (Å²) in [6.45, 7) is 0. The topological polar surface area (TPSA) is 43.6 Å². The number of para-hydroxylation sites is 2. The number of thiophene rings is 1. The van der Waals surface area contributed by atoms with E-state index in [4.69, 9.17) is 15.0 Å². The summed E-state index contributed by atoms with van der Waals surface area (Å²) in [7, 11) is 0. The number of nitrogens with zero attached hydrogens (tertiary/aromatic N) is 4. The molecular formula is C55H34N4S. The molecule has 12 rings (SSSR count). The number of benzene rings is 9. The van der Waals surface area contributed by atoms with Gasteiger partial charge in [0.1, 0.15) is 0 Å². The van der Waals surface area contributed by atoms with Crippen molar-refractivity contribution < 1.29 is 0 Å². The maximum atomic E-state index is 5.31. The monoisotopic (exact) mass is 782 g/mol. The number of hydrogen-bond donors (Lipinski definition) is 0. The van der Waals surface area contributed by atoms with Gasteiger partial charge in [-0.25, -0.2) is 15.0 Å². The van der Waals surface area contributed by atoms with Crippen molar-refractivity contribution >= 4 is 64.1 Å². The lowest BCUT2D eigenvalue weighted by molar-refractivity contribution is 1.06. The molecule has 60 heavy (non-hydrogen) atoms. The van der Waals surface area contributed by atoms with E-state index >= 15 is 0 Å². The molecule has 3 heterocycles. The van der Waals surface area contributed by atoms with Gasteiger partial charge in [0.25, 0.3) is 0 Å². The minimum atomic E-state index is 0.611. The van der Waals surface area contributed by atoms with Gasteiger partial charge in [-0.2, -0.15) is 0 Å². The second-order valence-electron chi connectivity index (χ2n) is 15.2. The molecule has 9 aromatic carbocycles. The van der Waals surface area contributed by atoms with Crippen LogP contribution in [0.4, 0.5) is 0 Å². The van der Waals surface area contributed by atoms with Crippen LogP contribution in [0, 0.1) is 0 Å². The van der Waals surface area contributed by atoms with Gasteiger partial charge in [-0.05, 0) is 75.5 Å². The highest BCUT2D eigenvalue weighted by Crippen LogP contribution is 2.40. The van der Waals surface area contributed by atoms with E-state index in [0.717, 1.165) is 50.1 Å². The molecule has 12 aromatic rings. The zero-order valence-electron chi connectivity index (χ0n) is 32.3. The Hall–Kier alpha value is -7.73. The second kappa shape index (κ2) is 14.0. The van der Waals surface area contributed by atoms with E-state index in [0.29, 0.717) is 17.5 Å². The van der Waals surface area contributed by atoms with Gasteiger partial charge in [0.15, 0.2) is 17.5 Å². The van der Waals surface area contributed by atoms with Crippen molar-refractivity contribution in [1.29, 1.82) is 0 Å². The van der Waals surface area contributed by atoms with Crippen LogP contribution in [0.5, 0.6) is 0 Å². The Bertz CT molecular complexity index is 3550. The van der Waals surface area contributed by atoms with Crippen molar-refractivity contribution in [2.75, 3.05) is 0 Å². The fourth-order valence-corrected chi connectivity index (χ4v) is 9.84. The normalized spacial score (nSPS) is 11.7. The third-order valence-corrected chi connectivity index (χ3v) is 12.8. The summed E-state index contributed by atoms with van der Waals surface area (Å²) in [5, 5.41) is 7.43. The zero-order valence-corrected chi connectivity index (χ0v) is 33.1. The molecule has 0 aliphatic heterocycles. The summed E-state index contributed by atoms with van der Waals surface area (Å²) in [6, 6.07) is 73.4. The molecule has 0 radical (unpaired) electrons. The summed E-state index contributed by atoms with van der Waals surface area (Å²) >= 11 is 1.84. The van der Waals surface area contributed by atoms with Gasteiger partial charge < -0.3 is 4.57 Å². The number of rotatable bonds is 6. The Morgan fingerprint density at radius 2 is 0.833 bits per heavy atom. The summed E-state index contributed by atoms with van der Waals surface area (Å²) < 4.78 is 4.97. The highest BCUT2D eigenvalue weighted by molar-refractivity contribution is 7.25. The summed E-state index contributed by atoms with van der Waals surface area (Å²) in [5.41, 5.74) is 10.6. The molecule has 0 atom stereocenters. The van der Waals surface area contributed by atoms with Crippen molar-refractivity contribution in [3.63, 3.8) is 0 Å². The van der Waals surface area contributed by atoms with Gasteiger partial charge in [-0.1, -0.05) is 164 Å². The summed E-state index contributed by atoms with van der Waals surface area (Å²) in [6.07, 6.45) is 0. The van der Waals surface area contributed by atoms with Crippen LogP contribution in [0.15, 0.2) is 206 Å². The Kier molecular flexibility index (Phi) is 8.00. The van der Waals surface area contributed by atoms with Crippen LogP contribution in [0.1, 0.15) is 0 Å². The van der Waals surface area contributed by atoms with Gasteiger partial charge in [0.05, 0.1) is 16.7 Å². The molecule has 4 nitrogen and oxygen atoms in total. The Balaban J connectivity index is 1.04. The molecule has 0 N–H and O–H groups in total. The van der Waals surface area contributed by atoms with Crippen molar-refractivity contribution in [3.8, 4) is 62.1 Å². The Morgan fingerprint density at radius 1 is 0.317 bits per heavy atom. The number of aromatic nitrogens is 4. The fraction of sp³-hybridized carbons (Fsp3) is 0. The predicted molar refractivity (Wildman–Crippen MR) is 252 cm³/mol. The first-order chi connectivity index (χ1) is 29.7. The molecule has 0 spiro atoms. The maximum absolute atomic E-state index is 5.31. The van der Waals surface area contributed by atoms with Crippen LogP contribution in [0.3, 0.4) is 0 Å². The van der Waals surface area contributed by atoms with Crippen LogP contribution in [-0.2, 0) is 0 Å². The molecule has 0 saturated heterocycles. The third-order valence-electron chi connectivity index (χ3n) is 11.7. The van der Waals surface area contributed by atoms with Gasteiger partial charge in [-0.3, -0.25) is 0 Å². The lowest BCUT2D eigenvalue weighted by Crippen LogP contribution is -2.04. The largest absolute Gasteiger partial charge is 0.308 e. The standard InChI is InChI=1S/C55H34N4S/c1-2-13-37(14-3-1)53-56-54(38-25-22-36(23-26-38)42-28-30-46-45-18-8-11-21-51(45)60-52(46)34-42)58-55(57-53)47-31-29-41(40-27-24-35-12-4-5-15-39(35)32-40)33-50(47)59-48-19-9-6-16-43(48)44-17-7-10-20-49(44)59/h1-34H. The lowest BCUT2D eigenvalue weighted by atomic mass is 9.98. The molecule has 0 fully saturated rings. The van der Waals surface area contributed by atoms with E-state index in [2.05, 4.69) is 193 Å². The second-order valence-corrected chi connectivity index (χ2v) is 16.3.